The molecule has 24 heavy (non-hydrogen) atoms. The number of rotatable bonds is 5. The highest BCUT2D eigenvalue weighted by molar-refractivity contribution is 5.33. The SMILES string of the molecule is CCC(CC)[C@@H]1O[C@@H](c2ccc([N+](=O)[O-])cc2)O[C@@H]2CCCC[C@@H]21. The molecule has 0 spiro atoms. The Morgan fingerprint density at radius 3 is 2.42 bits per heavy atom. The topological polar surface area (TPSA) is 61.6 Å². The number of hydrogen-bond donors (Lipinski definition) is 0. The molecule has 4 atom stereocenters. The Bertz CT molecular complexity index is 555. The standard InChI is InChI=1S/C19H27NO4/c1-3-13(4-2)18-16-7-5-6-8-17(16)23-19(24-18)14-9-11-15(12-10-14)20(21)22/h9-13,16-19H,3-8H2,1-2H3/t16-,17+,18-,19-/m0/s1. The summed E-state index contributed by atoms with van der Waals surface area (Å²) in [6, 6.07) is 6.58. The first-order chi connectivity index (χ1) is 11.6. The van der Waals surface area contributed by atoms with Gasteiger partial charge in [0.25, 0.3) is 5.69 Å². The first-order valence-electron chi connectivity index (χ1n) is 9.19. The molecule has 132 valence electrons. The van der Waals surface area contributed by atoms with Crippen molar-refractivity contribution in [1.82, 2.24) is 0 Å². The van der Waals surface area contributed by atoms with E-state index in [1.807, 2.05) is 0 Å². The van der Waals surface area contributed by atoms with Crippen LogP contribution in [0.1, 0.15) is 64.2 Å². The van der Waals surface area contributed by atoms with Gasteiger partial charge in [0.15, 0.2) is 6.29 Å². The molecule has 0 N–H and O–H groups in total. The summed E-state index contributed by atoms with van der Waals surface area (Å²) in [4.78, 5) is 10.5. The molecule has 1 aliphatic carbocycles. The van der Waals surface area contributed by atoms with Crippen LogP contribution in [0.3, 0.4) is 0 Å². The van der Waals surface area contributed by atoms with Gasteiger partial charge in [-0.25, -0.2) is 0 Å². The van der Waals surface area contributed by atoms with E-state index < -0.39 is 6.29 Å². The minimum Gasteiger partial charge on any atom is -0.345 e. The van der Waals surface area contributed by atoms with Crippen molar-refractivity contribution in [2.45, 2.75) is 70.9 Å². The molecule has 1 aliphatic heterocycles. The van der Waals surface area contributed by atoms with Crippen LogP contribution in [0.25, 0.3) is 0 Å². The number of nitro benzene ring substituents is 1. The fourth-order valence-electron chi connectivity index (χ4n) is 4.23. The van der Waals surface area contributed by atoms with Gasteiger partial charge in [-0.3, -0.25) is 10.1 Å². The second-order valence-corrected chi connectivity index (χ2v) is 6.98. The molecule has 3 rings (SSSR count). The summed E-state index contributed by atoms with van der Waals surface area (Å²) in [5, 5.41) is 10.8. The van der Waals surface area contributed by atoms with E-state index in [4.69, 9.17) is 9.47 Å². The lowest BCUT2D eigenvalue weighted by Gasteiger charge is -2.47. The molecular formula is C19H27NO4. The molecule has 0 radical (unpaired) electrons. The Labute approximate surface area is 143 Å². The van der Waals surface area contributed by atoms with Crippen LogP contribution in [0, 0.1) is 22.0 Å². The zero-order valence-corrected chi connectivity index (χ0v) is 14.5. The molecule has 2 aliphatic rings. The van der Waals surface area contributed by atoms with E-state index >= 15 is 0 Å². The molecular weight excluding hydrogens is 306 g/mol. The molecule has 0 unspecified atom stereocenters. The van der Waals surface area contributed by atoms with E-state index in [1.165, 1.54) is 31.4 Å². The van der Waals surface area contributed by atoms with Crippen molar-refractivity contribution < 1.29 is 14.4 Å². The molecule has 1 saturated carbocycles. The second kappa shape index (κ2) is 7.62. The predicted molar refractivity (Wildman–Crippen MR) is 91.6 cm³/mol. The Balaban J connectivity index is 1.82. The van der Waals surface area contributed by atoms with Crippen molar-refractivity contribution >= 4 is 5.69 Å². The Kier molecular flexibility index (Phi) is 5.51. The fraction of sp³-hybridized carbons (Fsp3) is 0.684. The highest BCUT2D eigenvalue weighted by Crippen LogP contribution is 2.44. The minimum atomic E-state index is -0.407. The lowest BCUT2D eigenvalue weighted by molar-refractivity contribution is -0.384. The quantitative estimate of drug-likeness (QED) is 0.561. The highest BCUT2D eigenvalue weighted by Gasteiger charge is 2.43. The molecule has 0 aromatic heterocycles. The third-order valence-electron chi connectivity index (χ3n) is 5.64. The maximum absolute atomic E-state index is 10.8. The Morgan fingerprint density at radius 1 is 1.12 bits per heavy atom. The lowest BCUT2D eigenvalue weighted by Crippen LogP contribution is -2.47. The third-order valence-corrected chi connectivity index (χ3v) is 5.64. The van der Waals surface area contributed by atoms with Gasteiger partial charge in [-0.2, -0.15) is 0 Å². The van der Waals surface area contributed by atoms with Gasteiger partial charge in [0.1, 0.15) is 0 Å². The first-order valence-corrected chi connectivity index (χ1v) is 9.19. The van der Waals surface area contributed by atoms with Crippen molar-refractivity contribution in [1.29, 1.82) is 0 Å². The van der Waals surface area contributed by atoms with Crippen LogP contribution in [0.15, 0.2) is 24.3 Å². The zero-order chi connectivity index (χ0) is 17.1. The van der Waals surface area contributed by atoms with Crippen LogP contribution in [-0.4, -0.2) is 17.1 Å². The van der Waals surface area contributed by atoms with Gasteiger partial charge in [-0.05, 0) is 30.9 Å². The average Bonchev–Trinajstić information content (AvgIpc) is 2.62. The van der Waals surface area contributed by atoms with E-state index in [0.717, 1.165) is 24.8 Å². The number of hydrogen-bond acceptors (Lipinski definition) is 4. The van der Waals surface area contributed by atoms with Crippen molar-refractivity contribution in [2.24, 2.45) is 11.8 Å². The number of benzene rings is 1. The molecule has 5 heteroatoms. The number of nitrogens with zero attached hydrogens (tertiary/aromatic N) is 1. The molecule has 1 aromatic carbocycles. The van der Waals surface area contributed by atoms with Crippen LogP contribution in [0.4, 0.5) is 5.69 Å². The third kappa shape index (κ3) is 3.47. The van der Waals surface area contributed by atoms with Gasteiger partial charge < -0.3 is 9.47 Å². The summed E-state index contributed by atoms with van der Waals surface area (Å²) in [7, 11) is 0. The molecule has 0 bridgehead atoms. The average molecular weight is 333 g/mol. The molecule has 5 nitrogen and oxygen atoms in total. The minimum absolute atomic E-state index is 0.0987. The summed E-state index contributed by atoms with van der Waals surface area (Å²) >= 11 is 0. The van der Waals surface area contributed by atoms with E-state index in [9.17, 15) is 10.1 Å². The largest absolute Gasteiger partial charge is 0.345 e. The Hall–Kier alpha value is -1.46. The number of ether oxygens (including phenoxy) is 2. The number of nitro groups is 1. The van der Waals surface area contributed by atoms with Gasteiger partial charge in [0.05, 0.1) is 17.1 Å². The van der Waals surface area contributed by atoms with Gasteiger partial charge in [-0.1, -0.05) is 39.5 Å². The van der Waals surface area contributed by atoms with Crippen LogP contribution < -0.4 is 0 Å². The molecule has 1 aromatic rings. The van der Waals surface area contributed by atoms with Crippen molar-refractivity contribution in [3.63, 3.8) is 0 Å². The van der Waals surface area contributed by atoms with Gasteiger partial charge >= 0.3 is 0 Å². The predicted octanol–water partition coefficient (Wildman–Crippen LogP) is 5.00. The maximum Gasteiger partial charge on any atom is 0.269 e. The van der Waals surface area contributed by atoms with E-state index in [2.05, 4.69) is 13.8 Å². The lowest BCUT2D eigenvalue weighted by atomic mass is 9.76. The molecule has 1 heterocycles. The van der Waals surface area contributed by atoms with Crippen molar-refractivity contribution in [3.8, 4) is 0 Å². The van der Waals surface area contributed by atoms with E-state index in [0.29, 0.717) is 11.8 Å². The van der Waals surface area contributed by atoms with Gasteiger partial charge in [0.2, 0.25) is 0 Å². The molecule has 0 amide bonds. The molecule has 1 saturated heterocycles. The first kappa shape index (κ1) is 17.4. The highest BCUT2D eigenvalue weighted by atomic mass is 16.7. The van der Waals surface area contributed by atoms with Gasteiger partial charge in [0, 0.05) is 23.6 Å². The number of fused-ring (bicyclic) bond motifs is 1. The van der Waals surface area contributed by atoms with Crippen LogP contribution >= 0.6 is 0 Å². The van der Waals surface area contributed by atoms with E-state index in [-0.39, 0.29) is 22.8 Å². The number of non-ortho nitro benzene ring substituents is 1. The summed E-state index contributed by atoms with van der Waals surface area (Å²) in [5.74, 6) is 1.03. The maximum atomic E-state index is 10.8. The summed E-state index contributed by atoms with van der Waals surface area (Å²) < 4.78 is 12.6. The van der Waals surface area contributed by atoms with Crippen LogP contribution in [0.5, 0.6) is 0 Å². The smallest absolute Gasteiger partial charge is 0.269 e. The van der Waals surface area contributed by atoms with Gasteiger partial charge in [-0.15, -0.1) is 0 Å². The van der Waals surface area contributed by atoms with Crippen molar-refractivity contribution in [2.75, 3.05) is 0 Å². The fourth-order valence-corrected chi connectivity index (χ4v) is 4.23. The van der Waals surface area contributed by atoms with E-state index in [1.54, 1.807) is 12.1 Å². The summed E-state index contributed by atoms with van der Waals surface area (Å²) in [5.41, 5.74) is 0.974. The normalized spacial score (nSPS) is 30.1. The van der Waals surface area contributed by atoms with Crippen LogP contribution in [0.2, 0.25) is 0 Å². The second-order valence-electron chi connectivity index (χ2n) is 6.98. The summed E-state index contributed by atoms with van der Waals surface area (Å²) in [6.07, 6.45) is 7.02. The monoisotopic (exact) mass is 333 g/mol. The summed E-state index contributed by atoms with van der Waals surface area (Å²) in [6.45, 7) is 4.46. The molecule has 2 fully saturated rings. The van der Waals surface area contributed by atoms with Crippen molar-refractivity contribution in [3.05, 3.63) is 39.9 Å². The Morgan fingerprint density at radius 2 is 1.79 bits per heavy atom. The zero-order valence-electron chi connectivity index (χ0n) is 14.5. The van der Waals surface area contributed by atoms with Crippen LogP contribution in [-0.2, 0) is 9.47 Å².